The van der Waals surface area contributed by atoms with E-state index in [2.05, 4.69) is 12.1 Å². The van der Waals surface area contributed by atoms with Crippen molar-refractivity contribution in [1.29, 1.82) is 0 Å². The minimum absolute atomic E-state index is 0.223. The highest BCUT2D eigenvalue weighted by Crippen LogP contribution is 2.28. The smallest absolute Gasteiger partial charge is 0.248 e. The first-order chi connectivity index (χ1) is 15.6. The number of pyridine rings is 1. The largest absolute Gasteiger partial charge is 0.366 e. The Bertz CT molecular complexity index is 1080. The molecule has 2 aromatic carbocycles. The summed E-state index contributed by atoms with van der Waals surface area (Å²) >= 11 is 0. The van der Waals surface area contributed by atoms with Gasteiger partial charge in [-0.25, -0.2) is 0 Å². The van der Waals surface area contributed by atoms with Crippen LogP contribution in [0.1, 0.15) is 53.2 Å². The summed E-state index contributed by atoms with van der Waals surface area (Å²) < 4.78 is 0. The van der Waals surface area contributed by atoms with E-state index in [1.54, 1.807) is 12.1 Å². The SMILES string of the molecule is NC(=O)c1cccc(-c2cccc(C3CCCN(C(=O)CCCc4ccccc4)C3)n2)c1. The molecular weight excluding hydrogens is 398 g/mol. The summed E-state index contributed by atoms with van der Waals surface area (Å²) in [6.45, 7) is 1.53. The van der Waals surface area contributed by atoms with Crippen LogP contribution in [0.3, 0.4) is 0 Å². The van der Waals surface area contributed by atoms with Gasteiger partial charge in [-0.3, -0.25) is 14.6 Å². The van der Waals surface area contributed by atoms with Gasteiger partial charge in [-0.15, -0.1) is 0 Å². The molecule has 0 spiro atoms. The van der Waals surface area contributed by atoms with Crippen molar-refractivity contribution in [3.05, 3.63) is 89.6 Å². The lowest BCUT2D eigenvalue weighted by atomic mass is 9.93. The van der Waals surface area contributed by atoms with E-state index < -0.39 is 5.91 Å². The maximum Gasteiger partial charge on any atom is 0.248 e. The molecule has 1 aliphatic heterocycles. The maximum absolute atomic E-state index is 12.8. The molecule has 4 rings (SSSR count). The summed E-state index contributed by atoms with van der Waals surface area (Å²) in [7, 11) is 0. The predicted octanol–water partition coefficient (Wildman–Crippen LogP) is 4.58. The average Bonchev–Trinajstić information content (AvgIpc) is 2.85. The number of aryl methyl sites for hydroxylation is 1. The van der Waals surface area contributed by atoms with Gasteiger partial charge >= 0.3 is 0 Å². The first-order valence-electron chi connectivity index (χ1n) is 11.3. The Kier molecular flexibility index (Phi) is 6.95. The fraction of sp³-hybridized carbons (Fsp3) is 0.296. The molecule has 0 radical (unpaired) electrons. The van der Waals surface area contributed by atoms with E-state index in [4.69, 9.17) is 10.7 Å². The minimum Gasteiger partial charge on any atom is -0.366 e. The third-order valence-electron chi connectivity index (χ3n) is 6.10. The number of nitrogens with zero attached hydrogens (tertiary/aromatic N) is 2. The monoisotopic (exact) mass is 427 g/mol. The maximum atomic E-state index is 12.8. The lowest BCUT2D eigenvalue weighted by Crippen LogP contribution is -2.39. The molecule has 2 heterocycles. The highest BCUT2D eigenvalue weighted by atomic mass is 16.2. The third-order valence-corrected chi connectivity index (χ3v) is 6.10. The van der Waals surface area contributed by atoms with Gasteiger partial charge in [0.1, 0.15) is 0 Å². The van der Waals surface area contributed by atoms with Crippen LogP contribution in [0.5, 0.6) is 0 Å². The van der Waals surface area contributed by atoms with Crippen molar-refractivity contribution in [2.75, 3.05) is 13.1 Å². The van der Waals surface area contributed by atoms with Crippen molar-refractivity contribution in [3.63, 3.8) is 0 Å². The number of likely N-dealkylation sites (tertiary alicyclic amines) is 1. The Balaban J connectivity index is 1.40. The van der Waals surface area contributed by atoms with Crippen molar-refractivity contribution < 1.29 is 9.59 Å². The number of carbonyl (C=O) groups is 2. The van der Waals surface area contributed by atoms with E-state index in [1.807, 2.05) is 53.4 Å². The molecule has 1 saturated heterocycles. The molecule has 1 unspecified atom stereocenters. The zero-order valence-corrected chi connectivity index (χ0v) is 18.2. The molecule has 3 aromatic rings. The van der Waals surface area contributed by atoms with E-state index in [9.17, 15) is 9.59 Å². The second-order valence-corrected chi connectivity index (χ2v) is 8.41. The summed E-state index contributed by atoms with van der Waals surface area (Å²) in [5, 5.41) is 0. The topological polar surface area (TPSA) is 76.3 Å². The number of piperidine rings is 1. The molecule has 2 amide bonds. The van der Waals surface area contributed by atoms with Gasteiger partial charge in [0.2, 0.25) is 11.8 Å². The Morgan fingerprint density at radius 3 is 2.62 bits per heavy atom. The van der Waals surface area contributed by atoms with Gasteiger partial charge < -0.3 is 10.6 Å². The van der Waals surface area contributed by atoms with E-state index >= 15 is 0 Å². The first kappa shape index (κ1) is 21.8. The second kappa shape index (κ2) is 10.2. The van der Waals surface area contributed by atoms with Gasteiger partial charge in [0.15, 0.2) is 0 Å². The van der Waals surface area contributed by atoms with Crippen molar-refractivity contribution in [2.45, 2.75) is 38.0 Å². The quantitative estimate of drug-likeness (QED) is 0.600. The number of benzene rings is 2. The standard InChI is InChI=1S/C27H29N3O2/c28-27(32)22-12-5-11-21(18-22)24-14-6-15-25(29-24)23-13-7-17-30(19-23)26(31)16-4-10-20-8-2-1-3-9-20/h1-3,5-6,8-9,11-12,14-15,18,23H,4,7,10,13,16-17,19H2,(H2,28,32). The van der Waals surface area contributed by atoms with Gasteiger partial charge in [0.05, 0.1) is 5.69 Å². The number of amides is 2. The molecule has 2 N–H and O–H groups in total. The van der Waals surface area contributed by atoms with Gasteiger partial charge in [-0.1, -0.05) is 48.5 Å². The molecule has 1 aliphatic rings. The van der Waals surface area contributed by atoms with Crippen molar-refractivity contribution in [1.82, 2.24) is 9.88 Å². The van der Waals surface area contributed by atoms with Crippen LogP contribution in [-0.4, -0.2) is 34.8 Å². The Morgan fingerprint density at radius 1 is 1.00 bits per heavy atom. The minimum atomic E-state index is -0.447. The predicted molar refractivity (Wildman–Crippen MR) is 126 cm³/mol. The zero-order valence-electron chi connectivity index (χ0n) is 18.2. The van der Waals surface area contributed by atoms with Crippen LogP contribution in [0.15, 0.2) is 72.8 Å². The highest BCUT2D eigenvalue weighted by Gasteiger charge is 2.25. The van der Waals surface area contributed by atoms with Crippen LogP contribution in [0.25, 0.3) is 11.3 Å². The zero-order chi connectivity index (χ0) is 22.3. The molecule has 1 atom stereocenters. The second-order valence-electron chi connectivity index (χ2n) is 8.41. The number of aromatic nitrogens is 1. The number of hydrogen-bond acceptors (Lipinski definition) is 3. The normalized spacial score (nSPS) is 16.0. The first-order valence-corrected chi connectivity index (χ1v) is 11.3. The third kappa shape index (κ3) is 5.41. The molecule has 0 bridgehead atoms. The van der Waals surface area contributed by atoms with Gasteiger partial charge in [-0.2, -0.15) is 0 Å². The Hall–Kier alpha value is -3.47. The van der Waals surface area contributed by atoms with Gasteiger partial charge in [0.25, 0.3) is 0 Å². The summed E-state index contributed by atoms with van der Waals surface area (Å²) in [6.07, 6.45) is 4.38. The van der Waals surface area contributed by atoms with Crippen molar-refractivity contribution >= 4 is 11.8 Å². The van der Waals surface area contributed by atoms with Crippen LogP contribution in [-0.2, 0) is 11.2 Å². The molecule has 0 saturated carbocycles. The van der Waals surface area contributed by atoms with Crippen molar-refractivity contribution in [3.8, 4) is 11.3 Å². The summed E-state index contributed by atoms with van der Waals surface area (Å²) in [6, 6.07) is 23.5. The lowest BCUT2D eigenvalue weighted by molar-refractivity contribution is -0.132. The van der Waals surface area contributed by atoms with Crippen molar-refractivity contribution in [2.24, 2.45) is 5.73 Å². The fourth-order valence-electron chi connectivity index (χ4n) is 4.36. The molecule has 5 nitrogen and oxygen atoms in total. The van der Waals surface area contributed by atoms with Crippen LogP contribution >= 0.6 is 0 Å². The Morgan fingerprint density at radius 2 is 1.81 bits per heavy atom. The van der Waals surface area contributed by atoms with Crippen LogP contribution in [0.4, 0.5) is 0 Å². The van der Waals surface area contributed by atoms with Gasteiger partial charge in [0, 0.05) is 42.2 Å². The summed E-state index contributed by atoms with van der Waals surface area (Å²) in [4.78, 5) is 31.2. The molecule has 0 aliphatic carbocycles. The lowest BCUT2D eigenvalue weighted by Gasteiger charge is -2.32. The van der Waals surface area contributed by atoms with Crippen LogP contribution in [0, 0.1) is 0 Å². The average molecular weight is 428 g/mol. The molecule has 5 heteroatoms. The number of nitrogens with two attached hydrogens (primary N) is 1. The number of rotatable bonds is 7. The van der Waals surface area contributed by atoms with Crippen LogP contribution < -0.4 is 5.73 Å². The highest BCUT2D eigenvalue weighted by molar-refractivity contribution is 5.94. The van der Waals surface area contributed by atoms with E-state index in [1.165, 1.54) is 5.56 Å². The molecule has 164 valence electrons. The Labute approximate surface area is 189 Å². The molecule has 1 fully saturated rings. The molecule has 1 aromatic heterocycles. The molecule has 32 heavy (non-hydrogen) atoms. The summed E-state index contributed by atoms with van der Waals surface area (Å²) in [5.74, 6) is 0.00810. The van der Waals surface area contributed by atoms with E-state index in [0.29, 0.717) is 18.5 Å². The number of carbonyl (C=O) groups excluding carboxylic acids is 2. The number of primary amides is 1. The van der Waals surface area contributed by atoms with E-state index in [0.717, 1.165) is 49.2 Å². The van der Waals surface area contributed by atoms with Crippen LogP contribution in [0.2, 0.25) is 0 Å². The fourth-order valence-corrected chi connectivity index (χ4v) is 4.36. The molecular formula is C27H29N3O2. The summed E-state index contributed by atoms with van der Waals surface area (Å²) in [5.41, 5.74) is 9.85. The van der Waals surface area contributed by atoms with E-state index in [-0.39, 0.29) is 11.8 Å². The number of hydrogen-bond donors (Lipinski definition) is 1. The van der Waals surface area contributed by atoms with Gasteiger partial charge in [-0.05, 0) is 55.5 Å².